The molecule has 0 fully saturated rings. The molecule has 0 saturated heterocycles. The summed E-state index contributed by atoms with van der Waals surface area (Å²) in [5, 5.41) is 0. The van der Waals surface area contributed by atoms with Crippen molar-refractivity contribution >= 4 is 0 Å². The summed E-state index contributed by atoms with van der Waals surface area (Å²) >= 11 is 0. The molecule has 0 amide bonds. The van der Waals surface area contributed by atoms with Gasteiger partial charge in [0.25, 0.3) is 0 Å². The van der Waals surface area contributed by atoms with E-state index in [9.17, 15) is 70.2 Å². The largest absolute Gasteiger partial charge is 0.460 e. The summed E-state index contributed by atoms with van der Waals surface area (Å²) < 4.78 is 200. The molecular weight excluding hydrogens is 432 g/mol. The van der Waals surface area contributed by atoms with E-state index < -0.39 is 49.1 Å². The molecule has 18 heteroatoms. The molecule has 0 N–H and O–H groups in total. The average Bonchev–Trinajstić information content (AvgIpc) is 2.34. The molecular formula is C8H2F16O2. The Morgan fingerprint density at radius 2 is 0.808 bits per heavy atom. The monoisotopic (exact) mass is 434 g/mol. The standard InChI is InChI=1S/C8H2F16O2/c9-1-2(10,11)25-7(21,22)8(23,24)26-6(19,20)4(14,15)3(12,13)5(16,17)18/h1H2. The molecule has 0 aliphatic carbocycles. The van der Waals surface area contributed by atoms with Crippen molar-refractivity contribution in [3.63, 3.8) is 0 Å². The fourth-order valence-corrected chi connectivity index (χ4v) is 0.919. The molecule has 158 valence electrons. The molecule has 0 radical (unpaired) electrons. The van der Waals surface area contributed by atoms with Gasteiger partial charge >= 0.3 is 42.5 Å². The molecule has 0 rings (SSSR count). The van der Waals surface area contributed by atoms with Crippen LogP contribution in [0.1, 0.15) is 0 Å². The van der Waals surface area contributed by atoms with Gasteiger partial charge in [-0.2, -0.15) is 65.9 Å². The van der Waals surface area contributed by atoms with Crippen LogP contribution in [0.5, 0.6) is 0 Å². The summed E-state index contributed by atoms with van der Waals surface area (Å²) in [6.45, 7) is -3.28. The van der Waals surface area contributed by atoms with E-state index in [0.29, 0.717) is 0 Å². The maximum atomic E-state index is 12.7. The van der Waals surface area contributed by atoms with Crippen molar-refractivity contribution in [2.45, 2.75) is 42.5 Å². The number of hydrogen-bond acceptors (Lipinski definition) is 2. The minimum absolute atomic E-state index is 1.30. The van der Waals surface area contributed by atoms with Gasteiger partial charge < -0.3 is 0 Å². The van der Waals surface area contributed by atoms with Gasteiger partial charge in [-0.15, -0.1) is 0 Å². The highest BCUT2D eigenvalue weighted by molar-refractivity contribution is 4.97. The van der Waals surface area contributed by atoms with Crippen molar-refractivity contribution in [3.05, 3.63) is 0 Å². The second-order valence-corrected chi connectivity index (χ2v) is 4.17. The van der Waals surface area contributed by atoms with Crippen LogP contribution in [0.2, 0.25) is 0 Å². The molecule has 0 aliphatic rings. The number of ether oxygens (including phenoxy) is 2. The van der Waals surface area contributed by atoms with Crippen LogP contribution in [0.15, 0.2) is 0 Å². The lowest BCUT2D eigenvalue weighted by atomic mass is 10.1. The van der Waals surface area contributed by atoms with Gasteiger partial charge in [0.05, 0.1) is 0 Å². The average molecular weight is 434 g/mol. The first kappa shape index (κ1) is 24.8. The fraction of sp³-hybridized carbons (Fsp3) is 1.00. The van der Waals surface area contributed by atoms with E-state index in [1.165, 1.54) is 4.74 Å². The third-order valence-electron chi connectivity index (χ3n) is 2.14. The zero-order valence-corrected chi connectivity index (χ0v) is 11.1. The van der Waals surface area contributed by atoms with E-state index in [1.807, 2.05) is 0 Å². The molecule has 0 atom stereocenters. The number of halogens is 16. The summed E-state index contributed by atoms with van der Waals surface area (Å²) in [6, 6.07) is 0. The first-order valence-electron chi connectivity index (χ1n) is 5.27. The van der Waals surface area contributed by atoms with Gasteiger partial charge in [-0.1, -0.05) is 0 Å². The Bertz CT molecular complexity index is 493. The second-order valence-electron chi connectivity index (χ2n) is 4.17. The second kappa shape index (κ2) is 6.45. The van der Waals surface area contributed by atoms with E-state index in [4.69, 9.17) is 0 Å². The molecule has 2 nitrogen and oxygen atoms in total. The molecule has 0 spiro atoms. The topological polar surface area (TPSA) is 18.5 Å². The molecule has 0 aliphatic heterocycles. The Morgan fingerprint density at radius 3 is 1.12 bits per heavy atom. The van der Waals surface area contributed by atoms with Crippen LogP contribution >= 0.6 is 0 Å². The Kier molecular flexibility index (Phi) is 6.15. The van der Waals surface area contributed by atoms with Crippen molar-refractivity contribution in [2.24, 2.45) is 0 Å². The van der Waals surface area contributed by atoms with Gasteiger partial charge in [-0.05, 0) is 0 Å². The molecule has 0 aromatic carbocycles. The summed E-state index contributed by atoms with van der Waals surface area (Å²) in [6.07, 6.45) is -35.5. The van der Waals surface area contributed by atoms with Crippen LogP contribution in [-0.4, -0.2) is 49.1 Å². The van der Waals surface area contributed by atoms with Crippen molar-refractivity contribution in [1.29, 1.82) is 0 Å². The minimum atomic E-state index is -7.92. The molecule has 0 aromatic heterocycles. The van der Waals surface area contributed by atoms with Gasteiger partial charge in [0.15, 0.2) is 6.67 Å². The summed E-state index contributed by atoms with van der Waals surface area (Å²) in [5.74, 6) is -15.7. The fourth-order valence-electron chi connectivity index (χ4n) is 0.919. The number of hydrogen-bond donors (Lipinski definition) is 0. The lowest BCUT2D eigenvalue weighted by Gasteiger charge is -2.36. The normalized spacial score (nSPS) is 16.2. The van der Waals surface area contributed by atoms with Gasteiger partial charge in [-0.3, -0.25) is 0 Å². The Labute approximate surface area is 130 Å². The molecule has 0 saturated carbocycles. The van der Waals surface area contributed by atoms with E-state index in [2.05, 4.69) is 0 Å². The highest BCUT2D eigenvalue weighted by Crippen LogP contribution is 2.55. The maximum Gasteiger partial charge on any atom is 0.460 e. The van der Waals surface area contributed by atoms with E-state index >= 15 is 0 Å². The molecule has 0 aromatic rings. The molecule has 26 heavy (non-hydrogen) atoms. The van der Waals surface area contributed by atoms with Crippen LogP contribution in [-0.2, 0) is 9.47 Å². The van der Waals surface area contributed by atoms with Gasteiger partial charge in [0.2, 0.25) is 0 Å². The van der Waals surface area contributed by atoms with Gasteiger partial charge in [-0.25, -0.2) is 13.9 Å². The van der Waals surface area contributed by atoms with Crippen molar-refractivity contribution < 1.29 is 79.7 Å². The smallest absolute Gasteiger partial charge is 0.246 e. The highest BCUT2D eigenvalue weighted by Gasteiger charge is 2.85. The predicted molar refractivity (Wildman–Crippen MR) is 43.9 cm³/mol. The maximum absolute atomic E-state index is 12.7. The summed E-state index contributed by atoms with van der Waals surface area (Å²) in [4.78, 5) is 0. The van der Waals surface area contributed by atoms with Crippen LogP contribution in [0.3, 0.4) is 0 Å². The van der Waals surface area contributed by atoms with Crippen molar-refractivity contribution in [1.82, 2.24) is 0 Å². The quantitative estimate of drug-likeness (QED) is 0.490. The third-order valence-corrected chi connectivity index (χ3v) is 2.14. The van der Waals surface area contributed by atoms with E-state index in [0.717, 1.165) is 0 Å². The van der Waals surface area contributed by atoms with Gasteiger partial charge in [0, 0.05) is 0 Å². The van der Waals surface area contributed by atoms with Crippen molar-refractivity contribution in [2.75, 3.05) is 6.67 Å². The predicted octanol–water partition coefficient (Wildman–Crippen LogP) is 5.19. The Hall–Kier alpha value is -1.20. The Morgan fingerprint density at radius 1 is 0.462 bits per heavy atom. The first-order chi connectivity index (χ1) is 11.0. The number of rotatable bonds is 8. The summed E-state index contributed by atoms with van der Waals surface area (Å²) in [5.41, 5.74) is 0. The zero-order chi connectivity index (χ0) is 21.6. The number of alkyl halides is 16. The molecule has 0 heterocycles. The lowest BCUT2D eigenvalue weighted by Crippen LogP contribution is -2.64. The Balaban J connectivity index is 5.84. The first-order valence-corrected chi connectivity index (χ1v) is 5.27. The highest BCUT2D eigenvalue weighted by atomic mass is 19.4. The van der Waals surface area contributed by atoms with Crippen LogP contribution in [0.25, 0.3) is 0 Å². The summed E-state index contributed by atoms with van der Waals surface area (Å²) in [7, 11) is 0. The SMILES string of the molecule is FCC(F)(F)OC(F)(F)C(F)(F)OC(F)(F)C(F)(F)C(F)(F)C(F)(F)F. The zero-order valence-electron chi connectivity index (χ0n) is 11.1. The van der Waals surface area contributed by atoms with Gasteiger partial charge in [0.1, 0.15) is 0 Å². The van der Waals surface area contributed by atoms with Crippen LogP contribution < -0.4 is 0 Å². The lowest BCUT2D eigenvalue weighted by molar-refractivity contribution is -0.542. The van der Waals surface area contributed by atoms with Crippen LogP contribution in [0, 0.1) is 0 Å². The van der Waals surface area contributed by atoms with E-state index in [1.54, 1.807) is 4.74 Å². The van der Waals surface area contributed by atoms with E-state index in [-0.39, 0.29) is 0 Å². The minimum Gasteiger partial charge on any atom is -0.246 e. The van der Waals surface area contributed by atoms with Crippen molar-refractivity contribution in [3.8, 4) is 0 Å². The molecule has 0 bridgehead atoms. The van der Waals surface area contributed by atoms with Crippen LogP contribution in [0.4, 0.5) is 70.2 Å². The third kappa shape index (κ3) is 4.37. The molecule has 0 unspecified atom stereocenters.